The van der Waals surface area contributed by atoms with Crippen LogP contribution in [-0.2, 0) is 6.54 Å². The number of rotatable bonds is 6. The first kappa shape index (κ1) is 20.5. The van der Waals surface area contributed by atoms with Crippen molar-refractivity contribution in [1.82, 2.24) is 9.55 Å². The molecule has 4 aromatic rings. The highest BCUT2D eigenvalue weighted by molar-refractivity contribution is 7.20. The Hall–Kier alpha value is -3.78. The zero-order chi connectivity index (χ0) is 22.0. The van der Waals surface area contributed by atoms with Crippen LogP contribution in [0.15, 0.2) is 65.7 Å². The predicted octanol–water partition coefficient (Wildman–Crippen LogP) is 3.91. The Bertz CT molecular complexity index is 1340. The summed E-state index contributed by atoms with van der Waals surface area (Å²) in [4.78, 5) is 43.6. The van der Waals surface area contributed by atoms with Gasteiger partial charge < -0.3 is 10.1 Å². The van der Waals surface area contributed by atoms with Crippen molar-refractivity contribution in [1.29, 1.82) is 0 Å². The van der Waals surface area contributed by atoms with E-state index in [2.05, 4.69) is 10.3 Å². The van der Waals surface area contributed by atoms with Crippen molar-refractivity contribution < 1.29 is 14.3 Å². The monoisotopic (exact) mass is 433 g/mol. The van der Waals surface area contributed by atoms with Crippen LogP contribution in [0.5, 0.6) is 5.75 Å². The number of aryl methyl sites for hydroxylation is 1. The fraction of sp³-hybridized carbons (Fsp3) is 0.130. The number of anilines is 1. The van der Waals surface area contributed by atoms with Gasteiger partial charge >= 0.3 is 0 Å². The number of carbonyl (C=O) groups is 2. The Labute approximate surface area is 181 Å². The van der Waals surface area contributed by atoms with Gasteiger partial charge in [-0.25, -0.2) is 4.98 Å². The van der Waals surface area contributed by atoms with Gasteiger partial charge in [-0.05, 0) is 36.8 Å². The van der Waals surface area contributed by atoms with Gasteiger partial charge in [0.15, 0.2) is 5.78 Å². The molecule has 0 bridgehead atoms. The van der Waals surface area contributed by atoms with Gasteiger partial charge in [0.05, 0.1) is 30.2 Å². The van der Waals surface area contributed by atoms with Crippen LogP contribution in [0.2, 0.25) is 0 Å². The van der Waals surface area contributed by atoms with Gasteiger partial charge in [-0.1, -0.05) is 30.3 Å². The summed E-state index contributed by atoms with van der Waals surface area (Å²) in [5.41, 5.74) is 1.30. The highest BCUT2D eigenvalue weighted by Gasteiger charge is 2.20. The number of ketones is 1. The van der Waals surface area contributed by atoms with Crippen LogP contribution in [0.25, 0.3) is 10.2 Å². The molecule has 1 N–H and O–H groups in total. The topological polar surface area (TPSA) is 90.3 Å². The molecule has 0 spiro atoms. The molecule has 156 valence electrons. The molecule has 0 saturated carbocycles. The van der Waals surface area contributed by atoms with Crippen LogP contribution < -0.4 is 15.6 Å². The maximum Gasteiger partial charge on any atom is 0.266 e. The summed E-state index contributed by atoms with van der Waals surface area (Å²) in [6, 6.07) is 15.8. The molecule has 0 aliphatic heterocycles. The van der Waals surface area contributed by atoms with Crippen molar-refractivity contribution >= 4 is 38.9 Å². The molecule has 2 aromatic heterocycles. The predicted molar refractivity (Wildman–Crippen MR) is 120 cm³/mol. The zero-order valence-corrected chi connectivity index (χ0v) is 17.7. The van der Waals surface area contributed by atoms with Crippen LogP contribution in [0.3, 0.4) is 0 Å². The first-order valence-corrected chi connectivity index (χ1v) is 10.3. The summed E-state index contributed by atoms with van der Waals surface area (Å²) in [5, 5.41) is 3.18. The number of hydrogen-bond donors (Lipinski definition) is 1. The number of amides is 1. The standard InChI is InChI=1S/C23H19N3O4S/c1-14-19-22(31-20(14)21(28)25-16-8-4-3-5-9-16)24-13-26(23(19)29)12-18(27)15-7-6-10-17(11-15)30-2/h3-11,13H,12H2,1-2H3,(H,25,28). The van der Waals surface area contributed by atoms with E-state index in [1.807, 2.05) is 18.2 Å². The molecular formula is C23H19N3O4S. The van der Waals surface area contributed by atoms with Gasteiger partial charge in [-0.3, -0.25) is 19.0 Å². The zero-order valence-electron chi connectivity index (χ0n) is 16.9. The second kappa shape index (κ2) is 8.53. The number of methoxy groups -OCH3 is 1. The lowest BCUT2D eigenvalue weighted by atomic mass is 10.1. The van der Waals surface area contributed by atoms with Crippen molar-refractivity contribution in [3.8, 4) is 5.75 Å². The van der Waals surface area contributed by atoms with Crippen molar-refractivity contribution in [2.24, 2.45) is 0 Å². The summed E-state index contributed by atoms with van der Waals surface area (Å²) in [6.45, 7) is 1.56. The number of fused-ring (bicyclic) bond motifs is 1. The minimum Gasteiger partial charge on any atom is -0.497 e. The fourth-order valence-electron chi connectivity index (χ4n) is 3.24. The summed E-state index contributed by atoms with van der Waals surface area (Å²) in [6.07, 6.45) is 1.34. The fourth-order valence-corrected chi connectivity index (χ4v) is 4.27. The Balaban J connectivity index is 1.64. The Morgan fingerprint density at radius 1 is 1.13 bits per heavy atom. The number of para-hydroxylation sites is 1. The van der Waals surface area contributed by atoms with Gasteiger partial charge in [0.2, 0.25) is 0 Å². The molecule has 0 atom stereocenters. The van der Waals surface area contributed by atoms with Gasteiger partial charge in [-0.2, -0.15) is 0 Å². The molecule has 0 unspecified atom stereocenters. The SMILES string of the molecule is COc1cccc(C(=O)Cn2cnc3sc(C(=O)Nc4ccccc4)c(C)c3c2=O)c1. The molecule has 1 amide bonds. The molecule has 0 fully saturated rings. The van der Waals surface area contributed by atoms with Crippen LogP contribution in [0.1, 0.15) is 25.6 Å². The Morgan fingerprint density at radius 2 is 1.90 bits per heavy atom. The minimum absolute atomic E-state index is 0.157. The molecule has 7 nitrogen and oxygen atoms in total. The van der Waals surface area contributed by atoms with E-state index < -0.39 is 0 Å². The first-order chi connectivity index (χ1) is 15.0. The summed E-state index contributed by atoms with van der Waals surface area (Å²) in [5.74, 6) is 0.0247. The van der Waals surface area contributed by atoms with Crippen molar-refractivity contribution in [3.63, 3.8) is 0 Å². The highest BCUT2D eigenvalue weighted by atomic mass is 32.1. The maximum atomic E-state index is 13.1. The third-order valence-electron chi connectivity index (χ3n) is 4.86. The van der Waals surface area contributed by atoms with Gasteiger partial charge in [0.1, 0.15) is 10.6 Å². The molecule has 0 aliphatic rings. The molecule has 8 heteroatoms. The van der Waals surface area contributed by atoms with E-state index in [9.17, 15) is 14.4 Å². The molecule has 0 saturated heterocycles. The second-order valence-corrected chi connectivity index (χ2v) is 7.89. The lowest BCUT2D eigenvalue weighted by Crippen LogP contribution is -2.24. The van der Waals surface area contributed by atoms with Crippen LogP contribution >= 0.6 is 11.3 Å². The summed E-state index contributed by atoms with van der Waals surface area (Å²) >= 11 is 1.16. The highest BCUT2D eigenvalue weighted by Crippen LogP contribution is 2.27. The third-order valence-corrected chi connectivity index (χ3v) is 6.06. The van der Waals surface area contributed by atoms with Crippen LogP contribution in [-0.4, -0.2) is 28.4 Å². The lowest BCUT2D eigenvalue weighted by Gasteiger charge is -2.06. The third kappa shape index (κ3) is 4.10. The lowest BCUT2D eigenvalue weighted by molar-refractivity contribution is 0.0969. The summed E-state index contributed by atoms with van der Waals surface area (Å²) in [7, 11) is 1.52. The van der Waals surface area contributed by atoms with E-state index >= 15 is 0 Å². The molecule has 31 heavy (non-hydrogen) atoms. The maximum absolute atomic E-state index is 13.1. The number of nitrogens with zero attached hydrogens (tertiary/aromatic N) is 2. The molecule has 0 radical (unpaired) electrons. The second-order valence-electron chi connectivity index (χ2n) is 6.89. The van der Waals surface area contributed by atoms with Gasteiger partial charge in [0.25, 0.3) is 11.5 Å². The van der Waals surface area contributed by atoms with Crippen molar-refractivity contribution in [3.05, 3.63) is 87.3 Å². The largest absolute Gasteiger partial charge is 0.497 e. The number of Topliss-reactive ketones (excluding diaryl/α,β-unsaturated/α-hetero) is 1. The molecular weight excluding hydrogens is 414 g/mol. The summed E-state index contributed by atoms with van der Waals surface area (Å²) < 4.78 is 6.42. The molecule has 2 heterocycles. The minimum atomic E-state index is -0.353. The van der Waals surface area contributed by atoms with Gasteiger partial charge in [0, 0.05) is 11.3 Å². The number of benzene rings is 2. The number of ether oxygens (including phenoxy) is 1. The quantitative estimate of drug-likeness (QED) is 0.466. The number of aromatic nitrogens is 2. The molecule has 4 rings (SSSR count). The van der Waals surface area contributed by atoms with Crippen molar-refractivity contribution in [2.75, 3.05) is 12.4 Å². The van der Waals surface area contributed by atoms with E-state index in [1.165, 1.54) is 18.0 Å². The van der Waals surface area contributed by atoms with Gasteiger partial charge in [-0.15, -0.1) is 11.3 Å². The first-order valence-electron chi connectivity index (χ1n) is 9.50. The average molecular weight is 433 g/mol. The van der Waals surface area contributed by atoms with E-state index in [-0.39, 0.29) is 23.8 Å². The number of hydrogen-bond acceptors (Lipinski definition) is 6. The molecule has 2 aromatic carbocycles. The normalized spacial score (nSPS) is 10.8. The number of thiophene rings is 1. The Kier molecular flexibility index (Phi) is 5.64. The van der Waals surface area contributed by atoms with Crippen molar-refractivity contribution in [2.45, 2.75) is 13.5 Å². The smallest absolute Gasteiger partial charge is 0.266 e. The number of nitrogens with one attached hydrogen (secondary N) is 1. The van der Waals surface area contributed by atoms with Crippen LogP contribution in [0, 0.1) is 6.92 Å². The van der Waals surface area contributed by atoms with Crippen LogP contribution in [0.4, 0.5) is 5.69 Å². The number of carbonyl (C=O) groups excluding carboxylic acids is 2. The average Bonchev–Trinajstić information content (AvgIpc) is 3.13. The van der Waals surface area contributed by atoms with E-state index in [0.717, 1.165) is 11.3 Å². The van der Waals surface area contributed by atoms with E-state index in [4.69, 9.17) is 4.74 Å². The Morgan fingerprint density at radius 3 is 2.65 bits per heavy atom. The van der Waals surface area contributed by atoms with E-state index in [1.54, 1.807) is 43.3 Å². The van der Waals surface area contributed by atoms with E-state index in [0.29, 0.717) is 37.7 Å². The molecule has 0 aliphatic carbocycles.